The Hall–Kier alpha value is -1.65. The zero-order valence-corrected chi connectivity index (χ0v) is 16.9. The smallest absolute Gasteiger partial charge is 0.302 e. The van der Waals surface area contributed by atoms with Gasteiger partial charge in [0.25, 0.3) is 0 Å². The highest BCUT2D eigenvalue weighted by Crippen LogP contribution is 2.14. The molecule has 0 aromatic rings. The highest BCUT2D eigenvalue weighted by Gasteiger charge is 2.02. The van der Waals surface area contributed by atoms with E-state index in [1.807, 2.05) is 13.0 Å². The van der Waals surface area contributed by atoms with Gasteiger partial charge in [-0.2, -0.15) is 0 Å². The standard InChI is InChI=1S/C22H36O4/c1-18(2)8-5-12-22(17-26-20(4)25)13-7-11-21(16-24)10-6-9-19(3)14-15-23/h8,10,13-14,23-24H,5-7,9,11-12,15-17H2,1-4H3/b19-14+,21-10-,22-13+. The molecule has 0 radical (unpaired) electrons. The number of carbonyl (C=O) groups is 1. The first kappa shape index (κ1) is 24.4. The van der Waals surface area contributed by atoms with Gasteiger partial charge in [0.2, 0.25) is 0 Å². The van der Waals surface area contributed by atoms with E-state index in [0.717, 1.165) is 55.2 Å². The second-order valence-corrected chi connectivity index (χ2v) is 6.79. The molecule has 148 valence electrons. The molecule has 0 aliphatic rings. The van der Waals surface area contributed by atoms with Gasteiger partial charge in [0, 0.05) is 6.92 Å². The normalized spacial score (nSPS) is 12.9. The first-order valence-electron chi connectivity index (χ1n) is 9.38. The SMILES string of the molecule is CC(=O)OC/C(=C/CC/C(=C/CC/C(C)=C/CO)CO)CCC=C(C)C. The Kier molecular flexibility index (Phi) is 14.6. The molecule has 0 unspecified atom stereocenters. The average Bonchev–Trinajstić information content (AvgIpc) is 2.57. The van der Waals surface area contributed by atoms with Gasteiger partial charge < -0.3 is 14.9 Å². The van der Waals surface area contributed by atoms with Crippen LogP contribution in [0.5, 0.6) is 0 Å². The molecule has 2 N–H and O–H groups in total. The van der Waals surface area contributed by atoms with Crippen molar-refractivity contribution in [3.63, 3.8) is 0 Å². The van der Waals surface area contributed by atoms with Gasteiger partial charge in [0.1, 0.15) is 6.61 Å². The maximum atomic E-state index is 11.1. The monoisotopic (exact) mass is 364 g/mol. The zero-order valence-electron chi connectivity index (χ0n) is 16.9. The fourth-order valence-electron chi connectivity index (χ4n) is 2.44. The highest BCUT2D eigenvalue weighted by molar-refractivity contribution is 5.66. The van der Waals surface area contributed by atoms with E-state index in [1.165, 1.54) is 12.5 Å². The molecule has 4 heteroatoms. The summed E-state index contributed by atoms with van der Waals surface area (Å²) in [6.45, 7) is 8.05. The molecular formula is C22H36O4. The van der Waals surface area contributed by atoms with Crippen molar-refractivity contribution in [2.45, 2.75) is 66.2 Å². The Morgan fingerprint density at radius 2 is 1.38 bits per heavy atom. The van der Waals surface area contributed by atoms with Crippen LogP contribution in [0.2, 0.25) is 0 Å². The fourth-order valence-corrected chi connectivity index (χ4v) is 2.44. The maximum absolute atomic E-state index is 11.1. The molecule has 0 saturated carbocycles. The molecule has 0 heterocycles. The number of aliphatic hydroxyl groups is 2. The molecule has 0 aromatic carbocycles. The lowest BCUT2D eigenvalue weighted by molar-refractivity contribution is -0.140. The van der Waals surface area contributed by atoms with Crippen molar-refractivity contribution in [1.29, 1.82) is 0 Å². The molecule has 0 spiro atoms. The Balaban J connectivity index is 4.59. The van der Waals surface area contributed by atoms with Gasteiger partial charge in [-0.05, 0) is 70.4 Å². The van der Waals surface area contributed by atoms with E-state index >= 15 is 0 Å². The van der Waals surface area contributed by atoms with Crippen LogP contribution >= 0.6 is 0 Å². The van der Waals surface area contributed by atoms with Crippen molar-refractivity contribution >= 4 is 5.97 Å². The van der Waals surface area contributed by atoms with E-state index in [1.54, 1.807) is 0 Å². The lowest BCUT2D eigenvalue weighted by Gasteiger charge is -2.08. The first-order chi connectivity index (χ1) is 12.4. The third-order valence-corrected chi connectivity index (χ3v) is 3.99. The predicted molar refractivity (Wildman–Crippen MR) is 108 cm³/mol. The number of hydrogen-bond donors (Lipinski definition) is 2. The lowest BCUT2D eigenvalue weighted by atomic mass is 10.0. The summed E-state index contributed by atoms with van der Waals surface area (Å²) in [7, 11) is 0. The number of carbonyl (C=O) groups excluding carboxylic acids is 1. The van der Waals surface area contributed by atoms with E-state index in [4.69, 9.17) is 9.84 Å². The average molecular weight is 365 g/mol. The second-order valence-electron chi connectivity index (χ2n) is 6.79. The second kappa shape index (κ2) is 15.6. The molecule has 0 amide bonds. The van der Waals surface area contributed by atoms with Crippen LogP contribution in [-0.4, -0.2) is 36.0 Å². The molecule has 4 nitrogen and oxygen atoms in total. The minimum Gasteiger partial charge on any atom is -0.461 e. The molecule has 0 rings (SSSR count). The molecule has 26 heavy (non-hydrogen) atoms. The van der Waals surface area contributed by atoms with E-state index in [-0.39, 0.29) is 19.2 Å². The molecule has 0 fully saturated rings. The summed E-state index contributed by atoms with van der Waals surface area (Å²) in [6.07, 6.45) is 13.4. The van der Waals surface area contributed by atoms with Gasteiger partial charge in [0.15, 0.2) is 0 Å². The zero-order chi connectivity index (χ0) is 19.8. The third kappa shape index (κ3) is 14.7. The van der Waals surface area contributed by atoms with Crippen LogP contribution in [0.15, 0.2) is 46.6 Å². The van der Waals surface area contributed by atoms with Crippen LogP contribution < -0.4 is 0 Å². The Morgan fingerprint density at radius 3 is 1.96 bits per heavy atom. The van der Waals surface area contributed by atoms with Gasteiger partial charge in [0.05, 0.1) is 13.2 Å². The molecule has 0 bridgehead atoms. The Bertz CT molecular complexity index is 520. The number of allylic oxidation sites excluding steroid dienone is 5. The van der Waals surface area contributed by atoms with Crippen molar-refractivity contribution in [2.24, 2.45) is 0 Å². The van der Waals surface area contributed by atoms with Crippen LogP contribution in [-0.2, 0) is 9.53 Å². The first-order valence-corrected chi connectivity index (χ1v) is 9.38. The molecule has 0 aliphatic carbocycles. The molecule has 0 atom stereocenters. The summed E-state index contributed by atoms with van der Waals surface area (Å²) in [5.74, 6) is -0.264. The number of aliphatic hydroxyl groups excluding tert-OH is 2. The van der Waals surface area contributed by atoms with Crippen LogP contribution in [0.1, 0.15) is 66.2 Å². The van der Waals surface area contributed by atoms with Gasteiger partial charge in [-0.15, -0.1) is 0 Å². The van der Waals surface area contributed by atoms with Gasteiger partial charge in [-0.1, -0.05) is 35.5 Å². The number of esters is 1. The topological polar surface area (TPSA) is 66.8 Å². The van der Waals surface area contributed by atoms with Crippen LogP contribution in [0.3, 0.4) is 0 Å². The molecule has 0 aromatic heterocycles. The highest BCUT2D eigenvalue weighted by atomic mass is 16.5. The van der Waals surface area contributed by atoms with E-state index < -0.39 is 0 Å². The maximum Gasteiger partial charge on any atom is 0.302 e. The summed E-state index contributed by atoms with van der Waals surface area (Å²) in [5, 5.41) is 18.4. The molecule has 0 aliphatic heterocycles. The van der Waals surface area contributed by atoms with Crippen molar-refractivity contribution in [3.05, 3.63) is 46.6 Å². The number of hydrogen-bond acceptors (Lipinski definition) is 4. The Morgan fingerprint density at radius 1 is 0.808 bits per heavy atom. The fraction of sp³-hybridized carbons (Fsp3) is 0.591. The summed E-state index contributed by atoms with van der Waals surface area (Å²) in [6, 6.07) is 0. The third-order valence-electron chi connectivity index (χ3n) is 3.99. The largest absolute Gasteiger partial charge is 0.461 e. The summed E-state index contributed by atoms with van der Waals surface area (Å²) in [4.78, 5) is 11.1. The lowest BCUT2D eigenvalue weighted by Crippen LogP contribution is -2.03. The van der Waals surface area contributed by atoms with Crippen molar-refractivity contribution < 1.29 is 19.7 Å². The Labute approximate surface area is 159 Å². The van der Waals surface area contributed by atoms with Crippen molar-refractivity contribution in [3.8, 4) is 0 Å². The minimum atomic E-state index is -0.264. The van der Waals surface area contributed by atoms with Crippen LogP contribution in [0, 0.1) is 0 Å². The van der Waals surface area contributed by atoms with Gasteiger partial charge in [-0.3, -0.25) is 4.79 Å². The minimum absolute atomic E-state index is 0.0631. The summed E-state index contributed by atoms with van der Waals surface area (Å²) < 4.78 is 5.14. The number of ether oxygens (including phenoxy) is 1. The van der Waals surface area contributed by atoms with Crippen molar-refractivity contribution in [2.75, 3.05) is 19.8 Å². The van der Waals surface area contributed by atoms with Gasteiger partial charge in [-0.25, -0.2) is 0 Å². The molecular weight excluding hydrogens is 328 g/mol. The molecule has 0 saturated heterocycles. The quantitative estimate of drug-likeness (QED) is 0.369. The van der Waals surface area contributed by atoms with E-state index in [2.05, 4.69) is 32.1 Å². The van der Waals surface area contributed by atoms with Gasteiger partial charge >= 0.3 is 5.97 Å². The summed E-state index contributed by atoms with van der Waals surface area (Å²) >= 11 is 0. The van der Waals surface area contributed by atoms with Crippen molar-refractivity contribution in [1.82, 2.24) is 0 Å². The van der Waals surface area contributed by atoms with E-state index in [0.29, 0.717) is 6.61 Å². The van der Waals surface area contributed by atoms with Crippen LogP contribution in [0.25, 0.3) is 0 Å². The number of rotatable bonds is 13. The summed E-state index contributed by atoms with van der Waals surface area (Å²) in [5.41, 5.74) is 4.59. The predicted octanol–water partition coefficient (Wildman–Crippen LogP) is 4.64. The van der Waals surface area contributed by atoms with Crippen LogP contribution in [0.4, 0.5) is 0 Å². The van der Waals surface area contributed by atoms with E-state index in [9.17, 15) is 9.90 Å².